The second kappa shape index (κ2) is 13.9. The Labute approximate surface area is 242 Å². The van der Waals surface area contributed by atoms with Gasteiger partial charge in [-0.25, -0.2) is 0 Å². The number of carboxylic acid groups (broad SMARTS) is 1. The van der Waals surface area contributed by atoms with Crippen LogP contribution in [0.5, 0.6) is 0 Å². The molecule has 1 aliphatic rings. The zero-order chi connectivity index (χ0) is 29.4. The van der Waals surface area contributed by atoms with Crippen LogP contribution in [-0.2, 0) is 16.1 Å². The van der Waals surface area contributed by atoms with Gasteiger partial charge in [0.05, 0.1) is 17.8 Å². The van der Waals surface area contributed by atoms with Crippen LogP contribution in [0.1, 0.15) is 41.6 Å². The van der Waals surface area contributed by atoms with Crippen molar-refractivity contribution in [1.82, 2.24) is 9.80 Å². The molecule has 216 valence electrons. The van der Waals surface area contributed by atoms with Crippen molar-refractivity contribution in [3.05, 3.63) is 83.9 Å². The van der Waals surface area contributed by atoms with Crippen LogP contribution in [0, 0.1) is 5.92 Å². The van der Waals surface area contributed by atoms with Crippen LogP contribution in [0.15, 0.2) is 72.8 Å². The Morgan fingerprint density at radius 1 is 0.854 bits per heavy atom. The van der Waals surface area contributed by atoms with Crippen LogP contribution in [0.4, 0.5) is 11.4 Å². The molecule has 41 heavy (non-hydrogen) atoms. The van der Waals surface area contributed by atoms with E-state index < -0.39 is 5.97 Å². The van der Waals surface area contributed by atoms with Gasteiger partial charge in [0.15, 0.2) is 0 Å². The normalized spacial score (nSPS) is 12.7. The van der Waals surface area contributed by atoms with Crippen molar-refractivity contribution in [2.24, 2.45) is 5.92 Å². The topological polar surface area (TPSA) is 93.2 Å². The molecule has 0 aliphatic heterocycles. The summed E-state index contributed by atoms with van der Waals surface area (Å²) < 4.78 is 0. The van der Waals surface area contributed by atoms with E-state index in [-0.39, 0.29) is 30.7 Å². The summed E-state index contributed by atoms with van der Waals surface area (Å²) in [7, 11) is 6.15. The highest BCUT2D eigenvalue weighted by Gasteiger charge is 2.33. The molecular weight excluding hydrogens is 516 g/mol. The molecule has 0 aromatic heterocycles. The molecular formula is C33H40N4O4. The predicted octanol–water partition coefficient (Wildman–Crippen LogP) is 5.21. The molecule has 0 bridgehead atoms. The third kappa shape index (κ3) is 8.66. The minimum absolute atomic E-state index is 0.0185. The summed E-state index contributed by atoms with van der Waals surface area (Å²) in [5, 5.41) is 12.3. The van der Waals surface area contributed by atoms with Gasteiger partial charge >= 0.3 is 5.97 Å². The van der Waals surface area contributed by atoms with E-state index in [2.05, 4.69) is 29.2 Å². The molecule has 1 saturated carbocycles. The number of hydrogen-bond acceptors (Lipinski definition) is 5. The highest BCUT2D eigenvalue weighted by Crippen LogP contribution is 2.34. The first-order valence-electron chi connectivity index (χ1n) is 14.2. The van der Waals surface area contributed by atoms with E-state index in [0.29, 0.717) is 12.1 Å². The largest absolute Gasteiger partial charge is 0.481 e. The van der Waals surface area contributed by atoms with E-state index in [4.69, 9.17) is 0 Å². The number of carboxylic acids is 1. The molecule has 0 spiro atoms. The number of rotatable bonds is 14. The summed E-state index contributed by atoms with van der Waals surface area (Å²) in [6.45, 7) is 2.36. The Balaban J connectivity index is 1.59. The summed E-state index contributed by atoms with van der Waals surface area (Å²) in [4.78, 5) is 43.2. The number of anilines is 2. The number of hydrogen-bond donors (Lipinski definition) is 2. The second-order valence-electron chi connectivity index (χ2n) is 11.0. The van der Waals surface area contributed by atoms with Crippen LogP contribution in [0.2, 0.25) is 0 Å². The molecule has 1 aliphatic carbocycles. The molecule has 0 unspecified atom stereocenters. The van der Waals surface area contributed by atoms with Crippen LogP contribution >= 0.6 is 0 Å². The zero-order valence-electron chi connectivity index (χ0n) is 24.2. The van der Waals surface area contributed by atoms with E-state index in [0.717, 1.165) is 60.4 Å². The fourth-order valence-electron chi connectivity index (χ4n) is 4.83. The van der Waals surface area contributed by atoms with E-state index in [1.165, 1.54) is 0 Å². The lowest BCUT2D eigenvalue weighted by Crippen LogP contribution is -2.33. The standard InChI is InChI=1S/C33H40N4O4/c1-35(2)18-8-19-36(3)30-16-15-28(22-29(30)34-32(40)25-10-5-4-6-11-25)27-12-7-9-24(21-27)23-37(20-17-31(38)39)33(41)26-13-14-26/h4-7,9-12,15-16,21-22,26H,8,13-14,17-20,23H2,1-3H3,(H,34,40)(H,38,39). The summed E-state index contributed by atoms with van der Waals surface area (Å²) in [6.07, 6.45) is 2.65. The van der Waals surface area contributed by atoms with Gasteiger partial charge in [0.25, 0.3) is 5.91 Å². The van der Waals surface area contributed by atoms with Crippen molar-refractivity contribution in [1.29, 1.82) is 0 Å². The summed E-state index contributed by atoms with van der Waals surface area (Å²) in [5.74, 6) is -1.04. The lowest BCUT2D eigenvalue weighted by atomic mass is 10.0. The number of nitrogens with one attached hydrogen (secondary N) is 1. The average molecular weight is 557 g/mol. The molecule has 2 N–H and O–H groups in total. The van der Waals surface area contributed by atoms with Crippen molar-refractivity contribution < 1.29 is 19.5 Å². The number of carbonyl (C=O) groups is 3. The zero-order valence-corrected chi connectivity index (χ0v) is 24.2. The number of carbonyl (C=O) groups excluding carboxylic acids is 2. The van der Waals surface area contributed by atoms with Crippen LogP contribution < -0.4 is 10.2 Å². The molecule has 4 rings (SSSR count). The number of nitrogens with zero attached hydrogens (tertiary/aromatic N) is 3. The van der Waals surface area contributed by atoms with Crippen molar-refractivity contribution in [2.75, 3.05) is 51.0 Å². The van der Waals surface area contributed by atoms with Gasteiger partial charge in [0, 0.05) is 38.2 Å². The summed E-state index contributed by atoms with van der Waals surface area (Å²) in [5.41, 5.74) is 5.07. The predicted molar refractivity (Wildman–Crippen MR) is 163 cm³/mol. The monoisotopic (exact) mass is 556 g/mol. The maximum atomic E-state index is 13.1. The lowest BCUT2D eigenvalue weighted by molar-refractivity contribution is -0.139. The van der Waals surface area contributed by atoms with Crippen LogP contribution in [0.25, 0.3) is 11.1 Å². The molecule has 0 radical (unpaired) electrons. The fourth-order valence-corrected chi connectivity index (χ4v) is 4.83. The highest BCUT2D eigenvalue weighted by atomic mass is 16.4. The smallest absolute Gasteiger partial charge is 0.305 e. The molecule has 0 heterocycles. The third-order valence-electron chi connectivity index (χ3n) is 7.26. The number of benzene rings is 3. The maximum absolute atomic E-state index is 13.1. The van der Waals surface area contributed by atoms with E-state index >= 15 is 0 Å². The first-order chi connectivity index (χ1) is 19.7. The Morgan fingerprint density at radius 3 is 2.27 bits per heavy atom. The number of amides is 2. The van der Waals surface area contributed by atoms with Gasteiger partial charge < -0.3 is 25.1 Å². The first kappa shape index (κ1) is 29.8. The van der Waals surface area contributed by atoms with Crippen LogP contribution in [0.3, 0.4) is 0 Å². The second-order valence-corrected chi connectivity index (χ2v) is 11.0. The van der Waals surface area contributed by atoms with Crippen LogP contribution in [-0.4, -0.2) is 73.5 Å². The van der Waals surface area contributed by atoms with Gasteiger partial charge in [-0.2, -0.15) is 0 Å². The van der Waals surface area contributed by atoms with Gasteiger partial charge in [0.2, 0.25) is 5.91 Å². The molecule has 3 aromatic carbocycles. The molecule has 1 fully saturated rings. The van der Waals surface area contributed by atoms with Crippen molar-refractivity contribution >= 4 is 29.2 Å². The highest BCUT2D eigenvalue weighted by molar-refractivity contribution is 6.06. The van der Waals surface area contributed by atoms with Crippen molar-refractivity contribution in [2.45, 2.75) is 32.2 Å². The van der Waals surface area contributed by atoms with Crippen molar-refractivity contribution in [3.63, 3.8) is 0 Å². The molecule has 0 saturated heterocycles. The maximum Gasteiger partial charge on any atom is 0.305 e. The number of aliphatic carboxylic acids is 1. The Bertz CT molecular complexity index is 1350. The molecule has 3 aromatic rings. The molecule has 8 heteroatoms. The lowest BCUT2D eigenvalue weighted by Gasteiger charge is -2.24. The van der Waals surface area contributed by atoms with Gasteiger partial charge in [-0.05, 0) is 86.9 Å². The average Bonchev–Trinajstić information content (AvgIpc) is 3.81. The van der Waals surface area contributed by atoms with Gasteiger partial charge in [-0.15, -0.1) is 0 Å². The van der Waals surface area contributed by atoms with Gasteiger partial charge in [-0.1, -0.05) is 42.5 Å². The Morgan fingerprint density at radius 2 is 1.59 bits per heavy atom. The van der Waals surface area contributed by atoms with Gasteiger partial charge in [-0.3, -0.25) is 14.4 Å². The minimum Gasteiger partial charge on any atom is -0.481 e. The molecule has 2 amide bonds. The van der Waals surface area contributed by atoms with E-state index in [1.807, 2.05) is 67.7 Å². The summed E-state index contributed by atoms with van der Waals surface area (Å²) >= 11 is 0. The SMILES string of the molecule is CN(C)CCCN(C)c1ccc(-c2cccc(CN(CCC(=O)O)C(=O)C3CC3)c2)cc1NC(=O)c1ccccc1. The minimum atomic E-state index is -0.913. The quantitative estimate of drug-likeness (QED) is 0.283. The molecule has 8 nitrogen and oxygen atoms in total. The van der Waals surface area contributed by atoms with Crippen molar-refractivity contribution in [3.8, 4) is 11.1 Å². The van der Waals surface area contributed by atoms with Gasteiger partial charge in [0.1, 0.15) is 0 Å². The van der Waals surface area contributed by atoms with E-state index in [1.54, 1.807) is 17.0 Å². The summed E-state index contributed by atoms with van der Waals surface area (Å²) in [6, 6.07) is 23.2. The Kier molecular flexibility index (Phi) is 10.1. The molecule has 0 atom stereocenters. The third-order valence-corrected chi connectivity index (χ3v) is 7.26. The fraction of sp³-hybridized carbons (Fsp3) is 0.364. The first-order valence-corrected chi connectivity index (χ1v) is 14.2. The Hall–Kier alpha value is -4.17. The van der Waals surface area contributed by atoms with E-state index in [9.17, 15) is 19.5 Å².